The largest absolute Gasteiger partial charge is 0.358 e. The van der Waals surface area contributed by atoms with E-state index in [4.69, 9.17) is 0 Å². The number of hydrogen-bond donors (Lipinski definition) is 0. The molecule has 2 aromatic rings. The smallest absolute Gasteiger partial charge is 0.242 e. The molecule has 2 heterocycles. The van der Waals surface area contributed by atoms with Crippen molar-refractivity contribution in [3.05, 3.63) is 53.2 Å². The molecule has 0 saturated heterocycles. The Kier molecular flexibility index (Phi) is 5.85. The van der Waals surface area contributed by atoms with E-state index in [1.54, 1.807) is 29.2 Å². The van der Waals surface area contributed by atoms with Crippen LogP contribution in [0.15, 0.2) is 36.4 Å². The zero-order valence-corrected chi connectivity index (χ0v) is 16.5. The molecule has 1 fully saturated rings. The fraction of sp³-hybridized carbons (Fsp3) is 0.435. The third-order valence-electron chi connectivity index (χ3n) is 5.81. The number of aromatic nitrogens is 1. The van der Waals surface area contributed by atoms with Crippen LogP contribution in [-0.4, -0.2) is 41.8 Å². The van der Waals surface area contributed by atoms with Crippen LogP contribution in [0, 0.1) is 17.2 Å². The van der Waals surface area contributed by atoms with Crippen LogP contribution in [0.1, 0.15) is 29.7 Å². The molecular weight excluding hydrogens is 394 g/mol. The number of fused-ring (bicyclic) bond motifs is 1. The van der Waals surface area contributed by atoms with Crippen LogP contribution in [0.3, 0.4) is 0 Å². The highest BCUT2D eigenvalue weighted by atomic mass is 19.3. The molecule has 0 unspecified atom stereocenters. The Hall–Kier alpha value is -2.75. The maximum atomic E-state index is 13.5. The number of nitriles is 1. The van der Waals surface area contributed by atoms with Crippen molar-refractivity contribution in [2.24, 2.45) is 5.92 Å². The highest BCUT2D eigenvalue weighted by Gasteiger charge is 2.31. The van der Waals surface area contributed by atoms with Gasteiger partial charge in [0.1, 0.15) is 19.4 Å². The molecule has 30 heavy (non-hydrogen) atoms. The Morgan fingerprint density at radius 1 is 1.17 bits per heavy atom. The van der Waals surface area contributed by atoms with Crippen molar-refractivity contribution in [1.29, 1.82) is 5.26 Å². The Balaban J connectivity index is 1.92. The van der Waals surface area contributed by atoms with Crippen LogP contribution < -0.4 is 0 Å². The Bertz CT molecular complexity index is 1020. The van der Waals surface area contributed by atoms with E-state index in [9.17, 15) is 22.8 Å². The molecule has 4 rings (SSSR count). The van der Waals surface area contributed by atoms with Crippen molar-refractivity contribution >= 4 is 16.6 Å². The lowest BCUT2D eigenvalue weighted by molar-refractivity contribution is 0.149. The lowest BCUT2D eigenvalue weighted by Gasteiger charge is -2.34. The van der Waals surface area contributed by atoms with Crippen molar-refractivity contribution in [3.8, 4) is 6.07 Å². The van der Waals surface area contributed by atoms with Gasteiger partial charge in [-0.3, -0.25) is 0 Å². The highest BCUT2D eigenvalue weighted by molar-refractivity contribution is 5.93. The van der Waals surface area contributed by atoms with E-state index in [1.807, 2.05) is 16.7 Å². The van der Waals surface area contributed by atoms with Crippen LogP contribution >= 0.6 is 0 Å². The molecule has 7 heteroatoms. The molecule has 0 N–H and O–H groups in total. The molecule has 1 aliphatic carbocycles. The molecule has 158 valence electrons. The quantitative estimate of drug-likeness (QED) is 0.550. The van der Waals surface area contributed by atoms with E-state index in [1.165, 1.54) is 0 Å². The van der Waals surface area contributed by atoms with Crippen molar-refractivity contribution in [2.45, 2.75) is 38.3 Å². The van der Waals surface area contributed by atoms with Gasteiger partial charge in [0.15, 0.2) is 0 Å². The number of alkyl halides is 4. The second kappa shape index (κ2) is 8.55. The van der Waals surface area contributed by atoms with Crippen molar-refractivity contribution in [1.82, 2.24) is 9.47 Å². The average Bonchev–Trinajstić information content (AvgIpc) is 3.51. The Morgan fingerprint density at radius 3 is 2.57 bits per heavy atom. The van der Waals surface area contributed by atoms with Gasteiger partial charge >= 0.3 is 0 Å². The van der Waals surface area contributed by atoms with E-state index in [-0.39, 0.29) is 6.42 Å². The van der Waals surface area contributed by atoms with E-state index in [2.05, 4.69) is 6.07 Å². The predicted molar refractivity (Wildman–Crippen MR) is 109 cm³/mol. The van der Waals surface area contributed by atoms with Gasteiger partial charge in [0, 0.05) is 24.9 Å². The summed E-state index contributed by atoms with van der Waals surface area (Å²) in [5, 5.41) is 10.6. The van der Waals surface area contributed by atoms with Crippen molar-refractivity contribution in [3.63, 3.8) is 0 Å². The zero-order valence-electron chi connectivity index (χ0n) is 16.5. The number of nitrogens with zero attached hydrogens (tertiary/aromatic N) is 3. The number of benzene rings is 1. The lowest BCUT2D eigenvalue weighted by atomic mass is 10.0. The first-order valence-corrected chi connectivity index (χ1v) is 10.2. The molecule has 0 bridgehead atoms. The number of hydrogen-bond acceptors (Lipinski definition) is 2. The molecule has 0 radical (unpaired) electrons. The second-order valence-corrected chi connectivity index (χ2v) is 7.93. The van der Waals surface area contributed by atoms with Crippen LogP contribution in [0.5, 0.6) is 0 Å². The number of allylic oxidation sites excluding steroid dienone is 2. The molecule has 1 aromatic carbocycles. The van der Waals surface area contributed by atoms with Gasteiger partial charge in [0.25, 0.3) is 0 Å². The summed E-state index contributed by atoms with van der Waals surface area (Å²) < 4.78 is 55.0. The molecule has 1 aliphatic heterocycles. The average molecular weight is 417 g/mol. The first-order chi connectivity index (χ1) is 14.6. The van der Waals surface area contributed by atoms with E-state index < -0.39 is 25.8 Å². The summed E-state index contributed by atoms with van der Waals surface area (Å²) >= 11 is 0. The zero-order chi connectivity index (χ0) is 21.3. The van der Waals surface area contributed by atoms with Gasteiger partial charge in [-0.05, 0) is 36.5 Å². The minimum atomic E-state index is -2.46. The van der Waals surface area contributed by atoms with Gasteiger partial charge in [-0.15, -0.1) is 0 Å². The number of halogens is 4. The molecule has 3 nitrogen and oxygen atoms in total. The van der Waals surface area contributed by atoms with Gasteiger partial charge < -0.3 is 9.47 Å². The van der Waals surface area contributed by atoms with Crippen molar-refractivity contribution < 1.29 is 17.6 Å². The summed E-state index contributed by atoms with van der Waals surface area (Å²) in [4.78, 5) is 1.65. The molecule has 1 aromatic heterocycles. The third-order valence-corrected chi connectivity index (χ3v) is 5.81. The molecule has 2 aliphatic rings. The summed E-state index contributed by atoms with van der Waals surface area (Å²) in [7, 11) is 0. The van der Waals surface area contributed by atoms with Crippen LogP contribution in [-0.2, 0) is 13.0 Å². The highest BCUT2D eigenvalue weighted by Crippen LogP contribution is 2.39. The SMILES string of the molecule is N#Cc1c(C2=CC=CCN2C(CF)CF)n(CC2CC2)c2cc(CC(F)F)ccc12. The summed E-state index contributed by atoms with van der Waals surface area (Å²) in [5.74, 6) is 0.455. The monoisotopic (exact) mass is 417 g/mol. The van der Waals surface area contributed by atoms with Gasteiger partial charge in [-0.2, -0.15) is 5.26 Å². The van der Waals surface area contributed by atoms with Crippen LogP contribution in [0.25, 0.3) is 16.6 Å². The molecule has 0 amide bonds. The summed E-state index contributed by atoms with van der Waals surface area (Å²) in [6.07, 6.45) is 4.74. The molecule has 0 atom stereocenters. The first-order valence-electron chi connectivity index (χ1n) is 10.2. The van der Waals surface area contributed by atoms with Crippen LogP contribution in [0.2, 0.25) is 0 Å². The second-order valence-electron chi connectivity index (χ2n) is 7.93. The summed E-state index contributed by atoms with van der Waals surface area (Å²) in [5.41, 5.74) is 2.85. The first kappa shape index (κ1) is 20.5. The molecule has 0 spiro atoms. The minimum absolute atomic E-state index is 0.344. The Morgan fingerprint density at radius 2 is 1.93 bits per heavy atom. The van der Waals surface area contributed by atoms with Crippen molar-refractivity contribution in [2.75, 3.05) is 19.9 Å². The third kappa shape index (κ3) is 3.83. The summed E-state index contributed by atoms with van der Waals surface area (Å²) in [6, 6.07) is 6.38. The lowest BCUT2D eigenvalue weighted by Crippen LogP contribution is -2.39. The number of rotatable bonds is 8. The molecular formula is C23H23F4N3. The van der Waals surface area contributed by atoms with E-state index in [0.29, 0.717) is 46.9 Å². The van der Waals surface area contributed by atoms with Gasteiger partial charge in [0.2, 0.25) is 6.43 Å². The maximum Gasteiger partial charge on any atom is 0.242 e. The fourth-order valence-electron chi connectivity index (χ4n) is 4.12. The predicted octanol–water partition coefficient (Wildman–Crippen LogP) is 5.25. The minimum Gasteiger partial charge on any atom is -0.358 e. The van der Waals surface area contributed by atoms with Crippen LogP contribution in [0.4, 0.5) is 17.6 Å². The topological polar surface area (TPSA) is 32.0 Å². The van der Waals surface area contributed by atoms with Gasteiger partial charge in [-0.1, -0.05) is 24.3 Å². The standard InChI is InChI=1S/C23H23F4N3/c24-11-17(12-25)29-8-2-1-3-20(29)23-19(13-28)18-7-6-16(10-22(26)27)9-21(18)30(23)14-15-4-5-15/h1-3,6-7,9,15,17,22H,4-5,8,10-12,14H2. The fourth-order valence-corrected chi connectivity index (χ4v) is 4.12. The van der Waals surface area contributed by atoms with E-state index in [0.717, 1.165) is 18.4 Å². The normalized spacial score (nSPS) is 16.6. The summed E-state index contributed by atoms with van der Waals surface area (Å²) in [6.45, 7) is -0.691. The maximum absolute atomic E-state index is 13.5. The van der Waals surface area contributed by atoms with Gasteiger partial charge in [0.05, 0.1) is 28.5 Å². The molecule has 1 saturated carbocycles. The Labute approximate surface area is 172 Å². The van der Waals surface area contributed by atoms with Gasteiger partial charge in [-0.25, -0.2) is 17.6 Å². The van der Waals surface area contributed by atoms with E-state index >= 15 is 0 Å².